The van der Waals surface area contributed by atoms with Gasteiger partial charge in [-0.1, -0.05) is 36.4 Å². The Bertz CT molecular complexity index is 868. The molecule has 8 heteroatoms. The summed E-state index contributed by atoms with van der Waals surface area (Å²) in [4.78, 5) is 48.3. The van der Waals surface area contributed by atoms with Crippen LogP contribution in [0.3, 0.4) is 0 Å². The smallest absolute Gasteiger partial charge is 0.338 e. The van der Waals surface area contributed by atoms with E-state index in [1.807, 2.05) is 0 Å². The van der Waals surface area contributed by atoms with Crippen LogP contribution >= 0.6 is 0 Å². The Balaban J connectivity index is 2.34. The van der Waals surface area contributed by atoms with Crippen LogP contribution in [0.5, 0.6) is 0 Å². The molecule has 0 unspecified atom stereocenters. The highest BCUT2D eigenvalue weighted by molar-refractivity contribution is 5.90. The zero-order chi connectivity index (χ0) is 22.1. The fourth-order valence-corrected chi connectivity index (χ4v) is 2.74. The Morgan fingerprint density at radius 1 is 0.867 bits per heavy atom. The van der Waals surface area contributed by atoms with Crippen LogP contribution in [0.1, 0.15) is 34.6 Å². The molecular weight excluding hydrogens is 390 g/mol. The number of aliphatic hydroxyl groups excluding tert-OH is 1. The van der Waals surface area contributed by atoms with E-state index in [9.17, 15) is 24.3 Å². The Morgan fingerprint density at radius 2 is 1.30 bits per heavy atom. The van der Waals surface area contributed by atoms with Crippen molar-refractivity contribution >= 4 is 24.1 Å². The van der Waals surface area contributed by atoms with Crippen molar-refractivity contribution in [3.63, 3.8) is 0 Å². The van der Waals surface area contributed by atoms with Crippen molar-refractivity contribution in [1.29, 1.82) is 0 Å². The first-order valence-corrected chi connectivity index (χ1v) is 9.26. The monoisotopic (exact) mass is 413 g/mol. The molecule has 4 atom stereocenters. The molecule has 2 aromatic carbocycles. The van der Waals surface area contributed by atoms with E-state index in [0.717, 1.165) is 0 Å². The van der Waals surface area contributed by atoms with Crippen molar-refractivity contribution in [2.45, 2.75) is 38.2 Å². The molecule has 0 heterocycles. The van der Waals surface area contributed by atoms with Crippen LogP contribution < -0.4 is 5.32 Å². The lowest BCUT2D eigenvalue weighted by molar-refractivity contribution is -0.129. The second-order valence-electron chi connectivity index (χ2n) is 6.57. The van der Waals surface area contributed by atoms with Gasteiger partial charge in [0, 0.05) is 6.92 Å². The molecule has 0 fully saturated rings. The maximum absolute atomic E-state index is 12.6. The molecule has 2 N–H and O–H groups in total. The van der Waals surface area contributed by atoms with Gasteiger partial charge in [0.2, 0.25) is 5.91 Å². The van der Waals surface area contributed by atoms with Crippen LogP contribution in [-0.2, 0) is 19.1 Å². The van der Waals surface area contributed by atoms with Crippen LogP contribution in [0.15, 0.2) is 60.7 Å². The summed E-state index contributed by atoms with van der Waals surface area (Å²) >= 11 is 0. The molecule has 30 heavy (non-hydrogen) atoms. The molecule has 2 rings (SSSR count). The molecule has 8 nitrogen and oxygen atoms in total. The molecule has 0 bridgehead atoms. The molecule has 0 radical (unpaired) electrons. The first kappa shape index (κ1) is 22.8. The number of aldehydes is 1. The van der Waals surface area contributed by atoms with Gasteiger partial charge in [-0.15, -0.1) is 0 Å². The van der Waals surface area contributed by atoms with Gasteiger partial charge in [-0.2, -0.15) is 0 Å². The highest BCUT2D eigenvalue weighted by Crippen LogP contribution is 2.18. The highest BCUT2D eigenvalue weighted by Gasteiger charge is 2.39. The van der Waals surface area contributed by atoms with Crippen LogP contribution in [0.2, 0.25) is 0 Å². The maximum atomic E-state index is 12.6. The van der Waals surface area contributed by atoms with Gasteiger partial charge in [0.1, 0.15) is 12.3 Å². The Kier molecular flexibility index (Phi) is 8.25. The minimum atomic E-state index is -1.47. The summed E-state index contributed by atoms with van der Waals surface area (Å²) in [6.07, 6.45) is -3.85. The number of ether oxygens (including phenoxy) is 2. The maximum Gasteiger partial charge on any atom is 0.338 e. The number of aliphatic hydroxyl groups is 1. The van der Waals surface area contributed by atoms with Crippen molar-refractivity contribution in [2.75, 3.05) is 0 Å². The number of carbonyl (C=O) groups is 4. The van der Waals surface area contributed by atoms with Gasteiger partial charge in [0.05, 0.1) is 17.2 Å². The van der Waals surface area contributed by atoms with Crippen LogP contribution in [-0.4, -0.2) is 53.6 Å². The summed E-state index contributed by atoms with van der Waals surface area (Å²) in [7, 11) is 0. The molecule has 0 saturated carbocycles. The largest absolute Gasteiger partial charge is 0.452 e. The standard InChI is InChI=1S/C22H23NO7/c1-14(25)19(29-21(27)16-9-5-3-6-10-16)20(18(13-24)23-15(2)26)30-22(28)17-11-7-4-8-12-17/h3-14,18-20,25H,1-2H3,(H,23,26)/t14-,18+,19+,20-/m1/s1. The predicted octanol–water partition coefficient (Wildman–Crippen LogP) is 1.52. The third-order valence-electron chi connectivity index (χ3n) is 4.17. The quantitative estimate of drug-likeness (QED) is 0.473. The second-order valence-corrected chi connectivity index (χ2v) is 6.57. The lowest BCUT2D eigenvalue weighted by Gasteiger charge is -2.32. The van der Waals surface area contributed by atoms with Crippen molar-refractivity contribution in [3.8, 4) is 0 Å². The lowest BCUT2D eigenvalue weighted by atomic mass is 10.0. The van der Waals surface area contributed by atoms with Gasteiger partial charge in [-0.25, -0.2) is 9.59 Å². The summed E-state index contributed by atoms with van der Waals surface area (Å²) in [5.41, 5.74) is 0.396. The number of esters is 2. The van der Waals surface area contributed by atoms with Gasteiger partial charge in [0.25, 0.3) is 0 Å². The normalized spacial score (nSPS) is 14.5. The predicted molar refractivity (Wildman–Crippen MR) is 107 cm³/mol. The first-order chi connectivity index (χ1) is 14.3. The molecule has 0 aromatic heterocycles. The zero-order valence-electron chi connectivity index (χ0n) is 16.6. The molecule has 2 aromatic rings. The molecular formula is C22H23NO7. The Labute approximate surface area is 173 Å². The van der Waals surface area contributed by atoms with E-state index in [1.54, 1.807) is 36.4 Å². The summed E-state index contributed by atoms with van der Waals surface area (Å²) in [6.45, 7) is 2.50. The van der Waals surface area contributed by atoms with E-state index >= 15 is 0 Å². The summed E-state index contributed by atoms with van der Waals surface area (Å²) in [5.74, 6) is -2.15. The third kappa shape index (κ3) is 6.25. The zero-order valence-corrected chi connectivity index (χ0v) is 16.6. The number of carbonyl (C=O) groups excluding carboxylic acids is 4. The molecule has 0 aliphatic heterocycles. The Hall–Kier alpha value is -3.52. The topological polar surface area (TPSA) is 119 Å². The summed E-state index contributed by atoms with van der Waals surface area (Å²) < 4.78 is 10.8. The van der Waals surface area contributed by atoms with Crippen molar-refractivity contribution < 1.29 is 33.8 Å². The fourth-order valence-electron chi connectivity index (χ4n) is 2.74. The van der Waals surface area contributed by atoms with Gasteiger partial charge in [0.15, 0.2) is 12.2 Å². The van der Waals surface area contributed by atoms with Crippen LogP contribution in [0.4, 0.5) is 0 Å². The van der Waals surface area contributed by atoms with Crippen molar-refractivity contribution in [1.82, 2.24) is 5.32 Å². The lowest BCUT2D eigenvalue weighted by Crippen LogP contribution is -2.55. The molecule has 0 saturated heterocycles. The third-order valence-corrected chi connectivity index (χ3v) is 4.17. The van der Waals surface area contributed by atoms with Gasteiger partial charge < -0.3 is 24.7 Å². The first-order valence-electron chi connectivity index (χ1n) is 9.26. The fraction of sp³-hybridized carbons (Fsp3) is 0.273. The van der Waals surface area contributed by atoms with E-state index in [-0.39, 0.29) is 11.1 Å². The SMILES string of the molecule is CC(=O)N[C@@H](C=O)[C@@H](OC(=O)c1ccccc1)[C@@H](OC(=O)c1ccccc1)[C@@H](C)O. The number of amides is 1. The average molecular weight is 413 g/mol. The summed E-state index contributed by atoms with van der Waals surface area (Å²) in [6, 6.07) is 14.6. The molecule has 0 aliphatic rings. The molecule has 1 amide bonds. The second kappa shape index (κ2) is 10.9. The number of benzene rings is 2. The average Bonchev–Trinajstić information content (AvgIpc) is 2.75. The van der Waals surface area contributed by atoms with Gasteiger partial charge >= 0.3 is 11.9 Å². The number of hydrogen-bond acceptors (Lipinski definition) is 7. The van der Waals surface area contributed by atoms with Crippen LogP contribution in [0, 0.1) is 0 Å². The number of rotatable bonds is 9. The summed E-state index contributed by atoms with van der Waals surface area (Å²) in [5, 5.41) is 12.6. The number of hydrogen-bond donors (Lipinski definition) is 2. The van der Waals surface area contributed by atoms with E-state index < -0.39 is 42.2 Å². The molecule has 158 valence electrons. The van der Waals surface area contributed by atoms with Crippen molar-refractivity contribution in [2.24, 2.45) is 0 Å². The van der Waals surface area contributed by atoms with E-state index in [2.05, 4.69) is 5.32 Å². The molecule has 0 spiro atoms. The molecule has 0 aliphatic carbocycles. The van der Waals surface area contributed by atoms with E-state index in [0.29, 0.717) is 6.29 Å². The minimum Gasteiger partial charge on any atom is -0.452 e. The van der Waals surface area contributed by atoms with E-state index in [4.69, 9.17) is 9.47 Å². The van der Waals surface area contributed by atoms with Crippen LogP contribution in [0.25, 0.3) is 0 Å². The van der Waals surface area contributed by atoms with Gasteiger partial charge in [-0.3, -0.25) is 4.79 Å². The minimum absolute atomic E-state index is 0.189. The van der Waals surface area contributed by atoms with E-state index in [1.165, 1.54) is 38.1 Å². The number of nitrogens with one attached hydrogen (secondary N) is 1. The van der Waals surface area contributed by atoms with Crippen molar-refractivity contribution in [3.05, 3.63) is 71.8 Å². The van der Waals surface area contributed by atoms with Gasteiger partial charge in [-0.05, 0) is 31.2 Å². The Morgan fingerprint density at radius 3 is 1.67 bits per heavy atom. The highest BCUT2D eigenvalue weighted by atomic mass is 16.6.